The van der Waals surface area contributed by atoms with Crippen molar-refractivity contribution >= 4 is 19.7 Å². The standard InChI is InChI=1S/C61H103N2O7P/c1-7-10-13-16-19-22-25-27-29-31-33-35-38-41-44-47-50-53-60(64)62-58(57-69-71(66,67)68-56-55-63(4,5)6)59(52-49-46-43-40-37-24-21-18-15-12-9-3)70-61(65)54-51-48-45-42-39-36-34-32-30-28-26-23-20-17-14-11-8-2/h11,14,19-20,22-23,27-30,33-36,41-42,44-45,49,52,58-59H,7-10,12-13,15-18,21,24-26,31-32,37-40,43,46-48,50-51,53-57H2,1-6H3,(H-,62,64,66,67)/b14-11-,22-19-,23-20-,29-27-,30-28-,35-33-,36-34-,44-41-,45-42-,52-49+. The number of rotatable bonds is 48. The van der Waals surface area contributed by atoms with E-state index >= 15 is 0 Å². The summed E-state index contributed by atoms with van der Waals surface area (Å²) in [5.41, 5.74) is 0. The largest absolute Gasteiger partial charge is 0.756 e. The van der Waals surface area contributed by atoms with E-state index in [1.165, 1.54) is 64.2 Å². The van der Waals surface area contributed by atoms with Crippen LogP contribution in [0.2, 0.25) is 0 Å². The molecule has 0 saturated carbocycles. The number of nitrogens with one attached hydrogen (secondary N) is 1. The van der Waals surface area contributed by atoms with Crippen LogP contribution in [0.1, 0.15) is 201 Å². The molecule has 9 nitrogen and oxygen atoms in total. The van der Waals surface area contributed by atoms with Crippen molar-refractivity contribution < 1.29 is 37.3 Å². The van der Waals surface area contributed by atoms with Gasteiger partial charge in [-0.2, -0.15) is 0 Å². The second-order valence-corrected chi connectivity index (χ2v) is 20.8. The molecule has 0 aliphatic carbocycles. The van der Waals surface area contributed by atoms with Crippen molar-refractivity contribution in [2.45, 2.75) is 213 Å². The number of phosphoric ester groups is 1. The van der Waals surface area contributed by atoms with Crippen LogP contribution in [-0.2, 0) is 27.9 Å². The first-order valence-corrected chi connectivity index (χ1v) is 29.3. The van der Waals surface area contributed by atoms with Crippen LogP contribution in [0, 0.1) is 0 Å². The van der Waals surface area contributed by atoms with Crippen LogP contribution >= 0.6 is 7.82 Å². The van der Waals surface area contributed by atoms with Crippen LogP contribution in [0.5, 0.6) is 0 Å². The number of esters is 1. The van der Waals surface area contributed by atoms with Gasteiger partial charge in [-0.1, -0.05) is 200 Å². The van der Waals surface area contributed by atoms with Crippen LogP contribution in [0.3, 0.4) is 0 Å². The van der Waals surface area contributed by atoms with Crippen LogP contribution in [0.25, 0.3) is 0 Å². The fourth-order valence-corrected chi connectivity index (χ4v) is 7.80. The van der Waals surface area contributed by atoms with Gasteiger partial charge in [-0.15, -0.1) is 0 Å². The first kappa shape index (κ1) is 67.4. The molecule has 0 aliphatic heterocycles. The van der Waals surface area contributed by atoms with E-state index in [0.717, 1.165) is 83.5 Å². The van der Waals surface area contributed by atoms with Gasteiger partial charge in [0.2, 0.25) is 5.91 Å². The lowest BCUT2D eigenvalue weighted by Crippen LogP contribution is -2.47. The van der Waals surface area contributed by atoms with Gasteiger partial charge in [-0.3, -0.25) is 14.2 Å². The maximum absolute atomic E-state index is 13.4. The van der Waals surface area contributed by atoms with Gasteiger partial charge < -0.3 is 28.5 Å². The Morgan fingerprint density at radius 3 is 1.38 bits per heavy atom. The van der Waals surface area contributed by atoms with Crippen molar-refractivity contribution in [2.75, 3.05) is 40.9 Å². The average Bonchev–Trinajstić information content (AvgIpc) is 3.33. The summed E-state index contributed by atoms with van der Waals surface area (Å²) in [5.74, 6) is -0.688. The Balaban J connectivity index is 5.55. The molecule has 0 fully saturated rings. The number of quaternary nitrogens is 1. The van der Waals surface area contributed by atoms with Gasteiger partial charge in [0.25, 0.3) is 7.82 Å². The zero-order valence-electron chi connectivity index (χ0n) is 45.9. The van der Waals surface area contributed by atoms with E-state index in [9.17, 15) is 19.0 Å². The van der Waals surface area contributed by atoms with Gasteiger partial charge in [0.15, 0.2) is 0 Å². The summed E-state index contributed by atoms with van der Waals surface area (Å²) in [4.78, 5) is 39.8. The normalized spacial score (nSPS) is 14.7. The van der Waals surface area contributed by atoms with E-state index in [1.54, 1.807) is 6.08 Å². The lowest BCUT2D eigenvalue weighted by Gasteiger charge is -2.30. The summed E-state index contributed by atoms with van der Waals surface area (Å²) in [5, 5.41) is 2.96. The molecule has 3 atom stereocenters. The molecule has 0 heterocycles. The summed E-state index contributed by atoms with van der Waals surface area (Å²) in [6.07, 6.45) is 69.0. The molecule has 71 heavy (non-hydrogen) atoms. The highest BCUT2D eigenvalue weighted by molar-refractivity contribution is 7.45. The van der Waals surface area contributed by atoms with Crippen LogP contribution < -0.4 is 10.2 Å². The molecule has 0 saturated heterocycles. The van der Waals surface area contributed by atoms with E-state index in [1.807, 2.05) is 27.2 Å². The molecule has 0 radical (unpaired) electrons. The summed E-state index contributed by atoms with van der Waals surface area (Å²) in [6, 6.07) is -0.947. The summed E-state index contributed by atoms with van der Waals surface area (Å²) in [6.45, 7) is 6.57. The topological polar surface area (TPSA) is 114 Å². The number of amides is 1. The minimum absolute atomic E-state index is 0.0479. The molecular formula is C61H103N2O7P. The van der Waals surface area contributed by atoms with Crippen molar-refractivity contribution in [1.29, 1.82) is 0 Å². The summed E-state index contributed by atoms with van der Waals surface area (Å²) >= 11 is 0. The number of ether oxygens (including phenoxy) is 1. The second-order valence-electron chi connectivity index (χ2n) is 19.3. The molecule has 0 spiro atoms. The molecule has 0 aromatic rings. The third-order valence-electron chi connectivity index (χ3n) is 11.4. The summed E-state index contributed by atoms with van der Waals surface area (Å²) < 4.78 is 30.1. The number of carbonyl (C=O) groups excluding carboxylic acids is 2. The molecule has 0 aromatic carbocycles. The van der Waals surface area contributed by atoms with Gasteiger partial charge in [-0.05, 0) is 109 Å². The van der Waals surface area contributed by atoms with E-state index in [2.05, 4.69) is 135 Å². The molecule has 0 aliphatic rings. The number of phosphoric acid groups is 1. The number of hydrogen-bond acceptors (Lipinski definition) is 7. The number of carbonyl (C=O) groups is 2. The molecule has 0 bridgehead atoms. The average molecular weight is 1010 g/mol. The molecule has 0 aromatic heterocycles. The lowest BCUT2D eigenvalue weighted by atomic mass is 10.1. The number of likely N-dealkylation sites (N-methyl/N-ethyl adjacent to an activating group) is 1. The fourth-order valence-electron chi connectivity index (χ4n) is 7.08. The van der Waals surface area contributed by atoms with Crippen molar-refractivity contribution in [3.8, 4) is 0 Å². The van der Waals surface area contributed by atoms with Crippen LogP contribution in [0.4, 0.5) is 0 Å². The molecule has 1 N–H and O–H groups in total. The van der Waals surface area contributed by atoms with Crippen LogP contribution in [-0.4, -0.2) is 69.4 Å². The number of unbranched alkanes of at least 4 members (excludes halogenated alkanes) is 14. The SMILES string of the molecule is CC/C=C\C/C=C\C/C=C\C/C=C\C/C=C\CCCC(=O)OC(/C=C/CCCCCCCCCCC)C(COP(=O)([O-])OCC[N+](C)(C)C)NC(=O)CCC/C=C\C/C=C\C/C=C\C/C=C\CCCCC. The molecular weight excluding hydrogens is 904 g/mol. The Kier molecular flexibility index (Phi) is 47.4. The third kappa shape index (κ3) is 51.1. The highest BCUT2D eigenvalue weighted by Crippen LogP contribution is 2.38. The molecule has 3 unspecified atom stereocenters. The number of allylic oxidation sites excluding steroid dienone is 19. The molecule has 10 heteroatoms. The highest BCUT2D eigenvalue weighted by Gasteiger charge is 2.27. The van der Waals surface area contributed by atoms with Crippen molar-refractivity contribution in [2.24, 2.45) is 0 Å². The van der Waals surface area contributed by atoms with Gasteiger partial charge >= 0.3 is 5.97 Å². The summed E-state index contributed by atoms with van der Waals surface area (Å²) in [7, 11) is 1.10. The predicted molar refractivity (Wildman–Crippen MR) is 302 cm³/mol. The third-order valence-corrected chi connectivity index (χ3v) is 12.3. The zero-order chi connectivity index (χ0) is 52.2. The van der Waals surface area contributed by atoms with Crippen molar-refractivity contribution in [3.63, 3.8) is 0 Å². The molecule has 1 amide bonds. The monoisotopic (exact) mass is 1010 g/mol. The Labute approximate surface area is 435 Å². The molecule has 404 valence electrons. The van der Waals surface area contributed by atoms with E-state index < -0.39 is 32.5 Å². The fraction of sp³-hybridized carbons (Fsp3) is 0.639. The van der Waals surface area contributed by atoms with Crippen LogP contribution in [0.15, 0.2) is 122 Å². The van der Waals surface area contributed by atoms with Gasteiger partial charge in [0.05, 0.1) is 33.8 Å². The first-order valence-electron chi connectivity index (χ1n) is 27.8. The lowest BCUT2D eigenvalue weighted by molar-refractivity contribution is -0.870. The minimum Gasteiger partial charge on any atom is -0.756 e. The molecule has 0 rings (SSSR count). The minimum atomic E-state index is -4.73. The van der Waals surface area contributed by atoms with Gasteiger partial charge in [0, 0.05) is 12.8 Å². The second kappa shape index (κ2) is 50.0. The predicted octanol–water partition coefficient (Wildman–Crippen LogP) is 16.1. The van der Waals surface area contributed by atoms with Crippen molar-refractivity contribution in [3.05, 3.63) is 122 Å². The quantitative estimate of drug-likeness (QED) is 0.0212. The van der Waals surface area contributed by atoms with E-state index in [-0.39, 0.29) is 25.4 Å². The maximum atomic E-state index is 13.4. The van der Waals surface area contributed by atoms with E-state index in [4.69, 9.17) is 13.8 Å². The smallest absolute Gasteiger partial charge is 0.306 e. The maximum Gasteiger partial charge on any atom is 0.306 e. The first-order chi connectivity index (χ1) is 34.4. The zero-order valence-corrected chi connectivity index (χ0v) is 46.8. The highest BCUT2D eigenvalue weighted by atomic mass is 31.2. The van der Waals surface area contributed by atoms with E-state index in [0.29, 0.717) is 30.3 Å². The Bertz CT molecular complexity index is 1630. The Hall–Kier alpha value is -3.59. The van der Waals surface area contributed by atoms with Gasteiger partial charge in [-0.25, -0.2) is 0 Å². The van der Waals surface area contributed by atoms with Crippen molar-refractivity contribution in [1.82, 2.24) is 5.32 Å². The Morgan fingerprint density at radius 1 is 0.507 bits per heavy atom. The van der Waals surface area contributed by atoms with Gasteiger partial charge in [0.1, 0.15) is 19.3 Å². The number of hydrogen-bond donors (Lipinski definition) is 1. The number of nitrogens with zero attached hydrogens (tertiary/aromatic N) is 1. The Morgan fingerprint density at radius 2 is 0.901 bits per heavy atom.